The lowest BCUT2D eigenvalue weighted by atomic mass is 10.6. The normalized spacial score (nSPS) is 15.0. The van der Waals surface area contributed by atoms with Gasteiger partial charge in [-0.1, -0.05) is 0 Å². The van der Waals surface area contributed by atoms with Crippen LogP contribution in [-0.2, 0) is 0 Å². The van der Waals surface area contributed by atoms with Crippen molar-refractivity contribution in [2.45, 2.75) is 13.1 Å². The maximum absolute atomic E-state index is 3.08. The molecule has 1 unspecified atom stereocenters. The summed E-state index contributed by atoms with van der Waals surface area (Å²) >= 11 is 2.24. The summed E-state index contributed by atoms with van der Waals surface area (Å²) in [6.45, 7) is 2.10. The largest absolute Gasteiger partial charge is 0.304 e. The number of nitrogens with one attached hydrogen (secondary N) is 1. The Kier molecular flexibility index (Phi) is 3.96. The molecule has 0 saturated heterocycles. The average Bonchev–Trinajstić information content (AvgIpc) is 1.65. The van der Waals surface area contributed by atoms with E-state index in [0.29, 0.717) is 6.17 Å². The molecule has 0 radical (unpaired) electrons. The van der Waals surface area contributed by atoms with E-state index in [1.54, 1.807) is 0 Å². The van der Waals surface area contributed by atoms with E-state index in [1.165, 1.54) is 0 Å². The van der Waals surface area contributed by atoms with Crippen LogP contribution < -0.4 is 5.32 Å². The van der Waals surface area contributed by atoms with Crippen molar-refractivity contribution in [3.63, 3.8) is 0 Å². The molecule has 0 aromatic rings. The monoisotopic (exact) mass is 214 g/mol. The van der Waals surface area contributed by atoms with Gasteiger partial charge in [0.1, 0.15) is 0 Å². The molecular formula is C4H11IN2. The Labute approximate surface area is 58.8 Å². The minimum atomic E-state index is 0.473. The van der Waals surface area contributed by atoms with Gasteiger partial charge in [0.25, 0.3) is 0 Å². The summed E-state index contributed by atoms with van der Waals surface area (Å²) in [5.74, 6) is 0. The van der Waals surface area contributed by atoms with E-state index in [2.05, 4.69) is 38.2 Å². The number of halogens is 1. The molecule has 0 aliphatic carbocycles. The summed E-state index contributed by atoms with van der Waals surface area (Å²) in [4.78, 5) is 0. The second-order valence-corrected chi connectivity index (χ2v) is 3.01. The maximum atomic E-state index is 3.08. The molecular weight excluding hydrogens is 203 g/mol. The minimum Gasteiger partial charge on any atom is -0.304 e. The second kappa shape index (κ2) is 3.63. The van der Waals surface area contributed by atoms with Gasteiger partial charge >= 0.3 is 0 Å². The van der Waals surface area contributed by atoms with Crippen molar-refractivity contribution >= 4 is 22.9 Å². The smallest absolute Gasteiger partial charge is 0.0654 e. The van der Waals surface area contributed by atoms with Crippen molar-refractivity contribution in [3.05, 3.63) is 0 Å². The third kappa shape index (κ3) is 3.25. The molecule has 0 aromatic heterocycles. The summed E-state index contributed by atoms with van der Waals surface area (Å²) in [7, 11) is 3.97. The molecule has 1 atom stereocenters. The molecule has 7 heavy (non-hydrogen) atoms. The molecule has 0 saturated carbocycles. The van der Waals surface area contributed by atoms with Gasteiger partial charge in [0.2, 0.25) is 0 Å². The Bertz CT molecular complexity index is 47.0. The fourth-order valence-corrected chi connectivity index (χ4v) is 0.456. The van der Waals surface area contributed by atoms with Gasteiger partial charge in [0.05, 0.1) is 6.17 Å². The van der Waals surface area contributed by atoms with Crippen LogP contribution in [0.4, 0.5) is 0 Å². The molecule has 0 aliphatic heterocycles. The Morgan fingerprint density at radius 2 is 2.14 bits per heavy atom. The van der Waals surface area contributed by atoms with Crippen LogP contribution in [0, 0.1) is 0 Å². The van der Waals surface area contributed by atoms with Gasteiger partial charge in [-0.3, -0.25) is 0 Å². The van der Waals surface area contributed by atoms with E-state index in [0.717, 1.165) is 0 Å². The van der Waals surface area contributed by atoms with Crippen LogP contribution in [0.3, 0.4) is 0 Å². The standard InChI is InChI=1S/C4H11IN2/c1-4(6-2)7(3)5/h4,6H,1-3H3. The zero-order valence-electron chi connectivity index (χ0n) is 4.90. The molecule has 0 bridgehead atoms. The van der Waals surface area contributed by atoms with E-state index in [1.807, 2.05) is 14.1 Å². The van der Waals surface area contributed by atoms with Crippen LogP contribution >= 0.6 is 22.9 Å². The quantitative estimate of drug-likeness (QED) is 0.416. The van der Waals surface area contributed by atoms with Gasteiger partial charge in [0.15, 0.2) is 0 Å². The summed E-state index contributed by atoms with van der Waals surface area (Å²) in [6, 6.07) is 0. The third-order valence-electron chi connectivity index (χ3n) is 0.951. The van der Waals surface area contributed by atoms with Crippen LogP contribution in [0.15, 0.2) is 0 Å². The average molecular weight is 214 g/mol. The first kappa shape index (κ1) is 7.65. The lowest BCUT2D eigenvalue weighted by Crippen LogP contribution is -2.32. The van der Waals surface area contributed by atoms with E-state index < -0.39 is 0 Å². The highest BCUT2D eigenvalue weighted by atomic mass is 127. The van der Waals surface area contributed by atoms with Crippen molar-refractivity contribution < 1.29 is 0 Å². The van der Waals surface area contributed by atoms with Gasteiger partial charge in [-0.15, -0.1) is 0 Å². The molecule has 0 aliphatic rings. The molecule has 0 heterocycles. The first-order valence-corrected chi connectivity index (χ1v) is 3.21. The van der Waals surface area contributed by atoms with Crippen LogP contribution in [0.5, 0.6) is 0 Å². The molecule has 0 aromatic carbocycles. The number of nitrogens with zero attached hydrogens (tertiary/aromatic N) is 1. The highest BCUT2D eigenvalue weighted by Crippen LogP contribution is 1.96. The van der Waals surface area contributed by atoms with Gasteiger partial charge in [-0.05, 0) is 21.0 Å². The zero-order chi connectivity index (χ0) is 5.86. The highest BCUT2D eigenvalue weighted by molar-refractivity contribution is 14.1. The first-order valence-electron chi connectivity index (χ1n) is 2.24. The topological polar surface area (TPSA) is 15.3 Å². The summed E-state index contributed by atoms with van der Waals surface area (Å²) in [5, 5.41) is 3.08. The molecule has 0 fully saturated rings. The van der Waals surface area contributed by atoms with E-state index >= 15 is 0 Å². The third-order valence-corrected chi connectivity index (χ3v) is 1.79. The van der Waals surface area contributed by atoms with Gasteiger partial charge in [0, 0.05) is 22.9 Å². The fraction of sp³-hybridized carbons (Fsp3) is 1.00. The lowest BCUT2D eigenvalue weighted by Gasteiger charge is -2.15. The summed E-state index contributed by atoms with van der Waals surface area (Å²) in [5.41, 5.74) is 0. The van der Waals surface area contributed by atoms with Crippen LogP contribution in [0.1, 0.15) is 6.92 Å². The predicted octanol–water partition coefficient (Wildman–Crippen LogP) is 0.834. The molecule has 1 N–H and O–H groups in total. The Balaban J connectivity index is 3.14. The summed E-state index contributed by atoms with van der Waals surface area (Å²) < 4.78 is 2.08. The molecule has 0 amide bonds. The Morgan fingerprint density at radius 1 is 1.71 bits per heavy atom. The molecule has 0 spiro atoms. The van der Waals surface area contributed by atoms with Crippen LogP contribution in [0.2, 0.25) is 0 Å². The minimum absolute atomic E-state index is 0.473. The van der Waals surface area contributed by atoms with E-state index in [-0.39, 0.29) is 0 Å². The Hall–Kier alpha value is 0.650. The first-order chi connectivity index (χ1) is 3.18. The van der Waals surface area contributed by atoms with E-state index in [9.17, 15) is 0 Å². The van der Waals surface area contributed by atoms with Crippen molar-refractivity contribution in [2.24, 2.45) is 0 Å². The second-order valence-electron chi connectivity index (χ2n) is 1.49. The van der Waals surface area contributed by atoms with Crippen molar-refractivity contribution in [2.75, 3.05) is 14.1 Å². The van der Waals surface area contributed by atoms with Crippen molar-refractivity contribution in [1.82, 2.24) is 8.43 Å². The van der Waals surface area contributed by atoms with Crippen LogP contribution in [-0.4, -0.2) is 23.4 Å². The summed E-state index contributed by atoms with van der Waals surface area (Å²) in [6.07, 6.45) is 0.473. The van der Waals surface area contributed by atoms with Gasteiger partial charge in [-0.2, -0.15) is 0 Å². The van der Waals surface area contributed by atoms with E-state index in [4.69, 9.17) is 0 Å². The molecule has 0 rings (SSSR count). The number of hydrogen-bond donors (Lipinski definition) is 1. The number of rotatable bonds is 2. The lowest BCUT2D eigenvalue weighted by molar-refractivity contribution is 0.416. The molecule has 3 heteroatoms. The van der Waals surface area contributed by atoms with Crippen LogP contribution in [0.25, 0.3) is 0 Å². The molecule has 44 valence electrons. The predicted molar refractivity (Wildman–Crippen MR) is 40.3 cm³/mol. The fourth-order valence-electron chi connectivity index (χ4n) is 0.178. The van der Waals surface area contributed by atoms with Gasteiger partial charge in [-0.25, -0.2) is 3.11 Å². The Morgan fingerprint density at radius 3 is 2.14 bits per heavy atom. The van der Waals surface area contributed by atoms with Crippen molar-refractivity contribution in [3.8, 4) is 0 Å². The molecule has 2 nitrogen and oxygen atoms in total. The highest BCUT2D eigenvalue weighted by Gasteiger charge is 1.97. The maximum Gasteiger partial charge on any atom is 0.0654 e. The van der Waals surface area contributed by atoms with Crippen molar-refractivity contribution in [1.29, 1.82) is 0 Å². The zero-order valence-corrected chi connectivity index (χ0v) is 7.06. The SMILES string of the molecule is CNC(C)N(C)I. The number of hydrogen-bond acceptors (Lipinski definition) is 2. The van der Waals surface area contributed by atoms with Gasteiger partial charge < -0.3 is 5.32 Å².